The van der Waals surface area contributed by atoms with Crippen molar-refractivity contribution in [3.05, 3.63) is 54.4 Å². The van der Waals surface area contributed by atoms with E-state index >= 15 is 0 Å². The molecule has 1 atom stereocenters. The van der Waals surface area contributed by atoms with Crippen LogP contribution in [0.3, 0.4) is 0 Å². The Labute approximate surface area is 207 Å². The predicted octanol–water partition coefficient (Wildman–Crippen LogP) is 4.06. The van der Waals surface area contributed by atoms with Gasteiger partial charge in [-0.05, 0) is 56.2 Å². The highest BCUT2D eigenvalue weighted by atomic mass is 32.2. The van der Waals surface area contributed by atoms with E-state index in [0.29, 0.717) is 42.9 Å². The Kier molecular flexibility index (Phi) is 6.91. The highest BCUT2D eigenvalue weighted by molar-refractivity contribution is 7.89. The van der Waals surface area contributed by atoms with E-state index in [0.717, 1.165) is 22.5 Å². The molecule has 1 saturated heterocycles. The monoisotopic (exact) mass is 495 g/mol. The zero-order valence-electron chi connectivity index (χ0n) is 20.4. The van der Waals surface area contributed by atoms with Crippen LogP contribution in [-0.4, -0.2) is 66.9 Å². The minimum absolute atomic E-state index is 0.0189. The summed E-state index contributed by atoms with van der Waals surface area (Å²) in [7, 11) is -1.97. The van der Waals surface area contributed by atoms with Crippen LogP contribution >= 0.6 is 0 Å². The topological polar surface area (TPSA) is 87.7 Å². The lowest BCUT2D eigenvalue weighted by atomic mass is 10.1. The summed E-state index contributed by atoms with van der Waals surface area (Å²) in [5.74, 6) is 2.32. The molecule has 1 saturated carbocycles. The molecule has 2 aliphatic rings. The number of nitrogens with zero attached hydrogens (tertiary/aromatic N) is 4. The molecule has 2 aromatic carbocycles. The molecule has 186 valence electrons. The Bertz CT molecular complexity index is 1270. The Morgan fingerprint density at radius 2 is 1.66 bits per heavy atom. The average molecular weight is 496 g/mol. The lowest BCUT2D eigenvalue weighted by molar-refractivity contribution is 0.141. The Morgan fingerprint density at radius 3 is 2.34 bits per heavy atom. The summed E-state index contributed by atoms with van der Waals surface area (Å²) in [6.07, 6.45) is 4.86. The molecular formula is C26H33N5O3S. The van der Waals surface area contributed by atoms with Crippen LogP contribution in [0.1, 0.15) is 44.5 Å². The summed E-state index contributed by atoms with van der Waals surface area (Å²) in [6, 6.07) is 15.1. The number of anilines is 1. The summed E-state index contributed by atoms with van der Waals surface area (Å²) < 4.78 is 33.0. The number of fused-ring (bicyclic) bond motifs is 1. The normalized spacial score (nSPS) is 19.1. The van der Waals surface area contributed by atoms with Crippen molar-refractivity contribution in [1.29, 1.82) is 0 Å². The van der Waals surface area contributed by atoms with Crippen molar-refractivity contribution >= 4 is 26.7 Å². The molecule has 1 unspecified atom stereocenters. The number of para-hydroxylation sites is 1. The lowest BCUT2D eigenvalue weighted by Gasteiger charge is -2.37. The largest absolute Gasteiger partial charge is 0.497 e. The number of nitrogens with one attached hydrogen (secondary N) is 1. The van der Waals surface area contributed by atoms with Crippen molar-refractivity contribution in [2.45, 2.75) is 49.6 Å². The maximum absolute atomic E-state index is 13.1. The maximum Gasteiger partial charge on any atom is 0.243 e. The van der Waals surface area contributed by atoms with Crippen LogP contribution in [0.25, 0.3) is 10.9 Å². The SMILES string of the molecule is COc1ccc(S(=O)(=O)N2CCN(C(C)c3nc(NC4CCCC4)c4ccccc4n3)CC2)cc1. The maximum atomic E-state index is 13.1. The first-order valence-corrected chi connectivity index (χ1v) is 13.8. The predicted molar refractivity (Wildman–Crippen MR) is 137 cm³/mol. The molecule has 1 aliphatic carbocycles. The second-order valence-corrected chi connectivity index (χ2v) is 11.3. The van der Waals surface area contributed by atoms with E-state index in [-0.39, 0.29) is 6.04 Å². The van der Waals surface area contributed by atoms with Crippen molar-refractivity contribution in [3.8, 4) is 5.75 Å². The van der Waals surface area contributed by atoms with Gasteiger partial charge in [0, 0.05) is 37.6 Å². The van der Waals surface area contributed by atoms with Gasteiger partial charge in [-0.15, -0.1) is 0 Å². The van der Waals surface area contributed by atoms with Crippen LogP contribution in [0, 0.1) is 0 Å². The molecule has 3 aromatic rings. The molecule has 1 aromatic heterocycles. The molecule has 0 radical (unpaired) electrons. The van der Waals surface area contributed by atoms with Crippen molar-refractivity contribution in [2.75, 3.05) is 38.6 Å². The van der Waals surface area contributed by atoms with Crippen molar-refractivity contribution < 1.29 is 13.2 Å². The van der Waals surface area contributed by atoms with Crippen LogP contribution in [0.15, 0.2) is 53.4 Å². The molecule has 0 spiro atoms. The first kappa shape index (κ1) is 24.0. The summed E-state index contributed by atoms with van der Waals surface area (Å²) in [5.41, 5.74) is 0.936. The first-order valence-electron chi connectivity index (χ1n) is 12.4. The van der Waals surface area contributed by atoms with Gasteiger partial charge in [-0.25, -0.2) is 18.4 Å². The van der Waals surface area contributed by atoms with E-state index in [4.69, 9.17) is 14.7 Å². The van der Waals surface area contributed by atoms with E-state index in [9.17, 15) is 8.42 Å². The van der Waals surface area contributed by atoms with E-state index in [1.54, 1.807) is 35.7 Å². The van der Waals surface area contributed by atoms with Gasteiger partial charge in [-0.3, -0.25) is 4.90 Å². The average Bonchev–Trinajstić information content (AvgIpc) is 3.41. The second kappa shape index (κ2) is 10.1. The fourth-order valence-corrected chi connectivity index (χ4v) is 6.47. The van der Waals surface area contributed by atoms with Crippen LogP contribution in [0.5, 0.6) is 5.75 Å². The smallest absolute Gasteiger partial charge is 0.243 e. The molecule has 9 heteroatoms. The number of methoxy groups -OCH3 is 1. The minimum Gasteiger partial charge on any atom is -0.497 e. The molecule has 5 rings (SSSR count). The van der Waals surface area contributed by atoms with Crippen LogP contribution in [0.2, 0.25) is 0 Å². The fraction of sp³-hybridized carbons (Fsp3) is 0.462. The molecule has 0 amide bonds. The highest BCUT2D eigenvalue weighted by Crippen LogP contribution is 2.29. The van der Waals surface area contributed by atoms with Gasteiger partial charge in [0.05, 0.1) is 23.6 Å². The van der Waals surface area contributed by atoms with Gasteiger partial charge in [-0.2, -0.15) is 4.31 Å². The first-order chi connectivity index (χ1) is 17.0. The van der Waals surface area contributed by atoms with E-state index in [1.165, 1.54) is 25.7 Å². The minimum atomic E-state index is -3.54. The Morgan fingerprint density at radius 1 is 0.971 bits per heavy atom. The number of ether oxygens (including phenoxy) is 1. The van der Waals surface area contributed by atoms with Gasteiger partial charge in [0.2, 0.25) is 10.0 Å². The number of rotatable bonds is 7. The van der Waals surface area contributed by atoms with Gasteiger partial charge in [0.1, 0.15) is 17.4 Å². The molecule has 0 bridgehead atoms. The molecular weight excluding hydrogens is 462 g/mol. The quantitative estimate of drug-likeness (QED) is 0.529. The standard InChI is InChI=1S/C26H33N5O3S/c1-19(25-28-24-10-6-5-9-23(24)26(29-25)27-20-7-3-4-8-20)30-15-17-31(18-16-30)35(32,33)22-13-11-21(34-2)12-14-22/h5-6,9-14,19-20H,3-4,7-8,15-18H2,1-2H3,(H,27,28,29). The van der Waals surface area contributed by atoms with Crippen molar-refractivity contribution in [1.82, 2.24) is 19.2 Å². The van der Waals surface area contributed by atoms with Gasteiger partial charge >= 0.3 is 0 Å². The van der Waals surface area contributed by atoms with Crippen molar-refractivity contribution in [2.24, 2.45) is 0 Å². The summed E-state index contributed by atoms with van der Waals surface area (Å²) in [5, 5.41) is 4.72. The molecule has 35 heavy (non-hydrogen) atoms. The van der Waals surface area contributed by atoms with E-state index in [2.05, 4.69) is 23.2 Å². The number of hydrogen-bond acceptors (Lipinski definition) is 7. The molecule has 2 fully saturated rings. The molecule has 8 nitrogen and oxygen atoms in total. The summed E-state index contributed by atoms with van der Waals surface area (Å²) in [4.78, 5) is 12.4. The van der Waals surface area contributed by atoms with Gasteiger partial charge < -0.3 is 10.1 Å². The number of benzene rings is 2. The third-order valence-corrected chi connectivity index (χ3v) is 9.12. The van der Waals surface area contributed by atoms with Crippen LogP contribution in [0.4, 0.5) is 5.82 Å². The fourth-order valence-electron chi connectivity index (χ4n) is 5.05. The van der Waals surface area contributed by atoms with E-state index < -0.39 is 10.0 Å². The Balaban J connectivity index is 1.31. The van der Waals surface area contributed by atoms with Crippen molar-refractivity contribution in [3.63, 3.8) is 0 Å². The number of aromatic nitrogens is 2. The third kappa shape index (κ3) is 4.98. The van der Waals surface area contributed by atoms with Gasteiger partial charge in [0.25, 0.3) is 0 Å². The van der Waals surface area contributed by atoms with E-state index in [1.807, 2.05) is 18.2 Å². The zero-order valence-corrected chi connectivity index (χ0v) is 21.2. The second-order valence-electron chi connectivity index (χ2n) is 9.36. The third-order valence-electron chi connectivity index (χ3n) is 7.21. The highest BCUT2D eigenvalue weighted by Gasteiger charge is 2.31. The lowest BCUT2D eigenvalue weighted by Crippen LogP contribution is -2.49. The number of hydrogen-bond donors (Lipinski definition) is 1. The van der Waals surface area contributed by atoms with Crippen LogP contribution in [-0.2, 0) is 10.0 Å². The molecule has 1 aliphatic heterocycles. The Hall–Kier alpha value is -2.75. The molecule has 2 heterocycles. The van der Waals surface area contributed by atoms with Gasteiger partial charge in [0.15, 0.2) is 0 Å². The summed E-state index contributed by atoms with van der Waals surface area (Å²) in [6.45, 7) is 4.21. The zero-order chi connectivity index (χ0) is 24.4. The number of piperazine rings is 1. The van der Waals surface area contributed by atoms with Crippen LogP contribution < -0.4 is 10.1 Å². The summed E-state index contributed by atoms with van der Waals surface area (Å²) >= 11 is 0. The number of sulfonamides is 1. The van der Waals surface area contributed by atoms with Gasteiger partial charge in [-0.1, -0.05) is 25.0 Å². The molecule has 1 N–H and O–H groups in total.